The van der Waals surface area contributed by atoms with Gasteiger partial charge in [-0.2, -0.15) is 0 Å². The van der Waals surface area contributed by atoms with Crippen molar-refractivity contribution in [2.45, 2.75) is 12.5 Å². The predicted molar refractivity (Wildman–Crippen MR) is 99.5 cm³/mol. The summed E-state index contributed by atoms with van der Waals surface area (Å²) in [5, 5.41) is 17.0. The molecule has 0 aliphatic carbocycles. The van der Waals surface area contributed by atoms with E-state index in [1.807, 2.05) is 12.3 Å². The zero-order chi connectivity index (χ0) is 17.9. The lowest BCUT2D eigenvalue weighted by Crippen LogP contribution is -2.37. The molecule has 5 nitrogen and oxygen atoms in total. The van der Waals surface area contributed by atoms with Crippen molar-refractivity contribution in [3.63, 3.8) is 0 Å². The summed E-state index contributed by atoms with van der Waals surface area (Å²) in [6.07, 6.45) is 6.85. The number of hydrogen-bond donors (Lipinski definition) is 3. The normalized spacial score (nSPS) is 20.0. The second-order valence-corrected chi connectivity index (χ2v) is 6.51. The van der Waals surface area contributed by atoms with Gasteiger partial charge in [0, 0.05) is 30.4 Å². The van der Waals surface area contributed by atoms with Crippen molar-refractivity contribution in [3.05, 3.63) is 76.3 Å². The van der Waals surface area contributed by atoms with Crippen LogP contribution in [0.2, 0.25) is 0 Å². The van der Waals surface area contributed by atoms with Gasteiger partial charge >= 0.3 is 0 Å². The Balaban J connectivity index is 2.08. The number of allylic oxidation sites excluding steroid dienone is 1. The first-order valence-electron chi connectivity index (χ1n) is 7.70. The molecule has 1 aliphatic rings. The Bertz CT molecular complexity index is 852. The third-order valence-electron chi connectivity index (χ3n) is 3.96. The molecule has 0 spiro atoms. The van der Waals surface area contributed by atoms with E-state index in [1.165, 1.54) is 23.5 Å². The van der Waals surface area contributed by atoms with Crippen LogP contribution in [-0.2, 0) is 5.54 Å². The Morgan fingerprint density at radius 1 is 1.36 bits per heavy atom. The van der Waals surface area contributed by atoms with Crippen LogP contribution in [0.1, 0.15) is 17.5 Å². The van der Waals surface area contributed by atoms with E-state index in [2.05, 4.69) is 15.6 Å². The van der Waals surface area contributed by atoms with Crippen molar-refractivity contribution < 1.29 is 4.39 Å². The maximum Gasteiger partial charge on any atom is 0.163 e. The average molecular weight is 355 g/mol. The predicted octanol–water partition coefficient (Wildman–Crippen LogP) is 3.18. The molecule has 3 rings (SSSR count). The Morgan fingerprint density at radius 2 is 2.12 bits per heavy atom. The van der Waals surface area contributed by atoms with Gasteiger partial charge < -0.3 is 16.0 Å². The summed E-state index contributed by atoms with van der Waals surface area (Å²) in [4.78, 5) is 9.13. The van der Waals surface area contributed by atoms with Gasteiger partial charge in [0.2, 0.25) is 0 Å². The molecular weight excluding hydrogens is 337 g/mol. The minimum Gasteiger partial charge on any atom is -0.394 e. The van der Waals surface area contributed by atoms with Crippen LogP contribution in [-0.4, -0.2) is 23.6 Å². The molecule has 2 aromatic rings. The first kappa shape index (κ1) is 17.0. The van der Waals surface area contributed by atoms with Crippen LogP contribution >= 0.6 is 11.3 Å². The van der Waals surface area contributed by atoms with Crippen LogP contribution in [0.3, 0.4) is 0 Å². The number of amidine groups is 1. The van der Waals surface area contributed by atoms with Crippen molar-refractivity contribution in [2.75, 3.05) is 7.05 Å². The molecule has 1 unspecified atom stereocenters. The van der Waals surface area contributed by atoms with Crippen LogP contribution in [0, 0.1) is 11.2 Å². The summed E-state index contributed by atoms with van der Waals surface area (Å²) in [6, 6.07) is 6.22. The summed E-state index contributed by atoms with van der Waals surface area (Å²) in [6.45, 7) is 1.92. The Morgan fingerprint density at radius 3 is 2.76 bits per heavy atom. The molecule has 0 saturated heterocycles. The third-order valence-corrected chi connectivity index (χ3v) is 4.74. The number of rotatable bonds is 5. The zero-order valence-corrected chi connectivity index (χ0v) is 14.7. The van der Waals surface area contributed by atoms with E-state index in [0.717, 1.165) is 10.6 Å². The van der Waals surface area contributed by atoms with Gasteiger partial charge in [0.05, 0.1) is 5.71 Å². The van der Waals surface area contributed by atoms with Gasteiger partial charge in [-0.1, -0.05) is 12.1 Å². The number of aliphatic imine (C=N–C) groups is 1. The lowest BCUT2D eigenvalue weighted by molar-refractivity contribution is 0.589. The molecule has 2 heterocycles. The molecule has 0 radical (unpaired) electrons. The molecule has 25 heavy (non-hydrogen) atoms. The molecule has 1 atom stereocenters. The maximum atomic E-state index is 13.4. The van der Waals surface area contributed by atoms with Crippen molar-refractivity contribution in [2.24, 2.45) is 4.99 Å². The Hall–Kier alpha value is -2.80. The summed E-state index contributed by atoms with van der Waals surface area (Å²) < 4.78 is 13.4. The third kappa shape index (κ3) is 3.36. The lowest BCUT2D eigenvalue weighted by Gasteiger charge is -2.33. The molecule has 0 fully saturated rings. The zero-order valence-electron chi connectivity index (χ0n) is 13.9. The number of nitrogens with zero attached hydrogens (tertiary/aromatic N) is 2. The van der Waals surface area contributed by atoms with Gasteiger partial charge in [0.25, 0.3) is 0 Å². The molecule has 1 aliphatic heterocycles. The number of hydrogen-bond acceptors (Lipinski definition) is 6. The summed E-state index contributed by atoms with van der Waals surface area (Å²) in [7, 11) is 1.77. The molecule has 7 heteroatoms. The molecule has 1 aromatic heterocycles. The standard InChI is InChI=1S/C18H18FN5S/c1-18(12-3-5-13(19)6-4-12)14(15(20)7-8-21-2)11-23-16(24-18)17-22-9-10-25-17/h3-11,20-21H,1-2H3,(H,23,24)/b8-7-,20-15?. The molecular formula is C18H18FN5S. The molecule has 0 saturated carbocycles. The Kier molecular flexibility index (Phi) is 4.76. The van der Waals surface area contributed by atoms with Gasteiger partial charge in [-0.05, 0) is 36.9 Å². The monoisotopic (exact) mass is 355 g/mol. The van der Waals surface area contributed by atoms with E-state index in [4.69, 9.17) is 10.4 Å². The van der Waals surface area contributed by atoms with Crippen molar-refractivity contribution in [1.29, 1.82) is 5.41 Å². The van der Waals surface area contributed by atoms with Crippen LogP contribution < -0.4 is 10.6 Å². The first-order chi connectivity index (χ1) is 12.0. The SMILES string of the molecule is CN/C=C\C(=N)C1=CNC(c2nccs2)=NC1(C)c1ccc(F)cc1. The first-order valence-corrected chi connectivity index (χ1v) is 8.58. The summed E-state index contributed by atoms with van der Waals surface area (Å²) in [5.41, 5.74) is 0.981. The van der Waals surface area contributed by atoms with E-state index in [-0.39, 0.29) is 5.82 Å². The second kappa shape index (κ2) is 6.98. The average Bonchev–Trinajstić information content (AvgIpc) is 3.14. The molecule has 3 N–H and O–H groups in total. The van der Waals surface area contributed by atoms with E-state index in [0.29, 0.717) is 17.1 Å². The number of nitrogens with one attached hydrogen (secondary N) is 3. The molecule has 128 valence electrons. The highest BCUT2D eigenvalue weighted by molar-refractivity contribution is 7.11. The topological polar surface area (TPSA) is 73.2 Å². The summed E-state index contributed by atoms with van der Waals surface area (Å²) >= 11 is 1.48. The van der Waals surface area contributed by atoms with Crippen molar-refractivity contribution in [1.82, 2.24) is 15.6 Å². The smallest absolute Gasteiger partial charge is 0.163 e. The minimum absolute atomic E-state index is 0.305. The summed E-state index contributed by atoms with van der Waals surface area (Å²) in [5.74, 6) is 0.331. The number of thiazole rings is 1. The Labute approximate surface area is 149 Å². The highest BCUT2D eigenvalue weighted by atomic mass is 32.1. The van der Waals surface area contributed by atoms with E-state index >= 15 is 0 Å². The minimum atomic E-state index is -0.824. The van der Waals surface area contributed by atoms with Crippen molar-refractivity contribution >= 4 is 22.9 Å². The molecule has 0 bridgehead atoms. The van der Waals surface area contributed by atoms with E-state index < -0.39 is 5.54 Å². The van der Waals surface area contributed by atoms with Gasteiger partial charge in [0.15, 0.2) is 10.8 Å². The largest absolute Gasteiger partial charge is 0.394 e. The quantitative estimate of drug-likeness (QED) is 0.721. The fraction of sp³-hybridized carbons (Fsp3) is 0.167. The van der Waals surface area contributed by atoms with Crippen LogP contribution in [0.15, 0.2) is 64.9 Å². The second-order valence-electron chi connectivity index (χ2n) is 5.61. The van der Waals surface area contributed by atoms with Crippen molar-refractivity contribution in [3.8, 4) is 0 Å². The number of halogens is 1. The van der Waals surface area contributed by atoms with Crippen LogP contribution in [0.4, 0.5) is 4.39 Å². The highest BCUT2D eigenvalue weighted by Gasteiger charge is 2.36. The lowest BCUT2D eigenvalue weighted by atomic mass is 9.82. The number of aromatic nitrogens is 1. The fourth-order valence-corrected chi connectivity index (χ4v) is 3.23. The highest BCUT2D eigenvalue weighted by Crippen LogP contribution is 2.36. The maximum absolute atomic E-state index is 13.4. The van der Waals surface area contributed by atoms with Crippen LogP contribution in [0.5, 0.6) is 0 Å². The van der Waals surface area contributed by atoms with Gasteiger partial charge in [-0.3, -0.25) is 0 Å². The van der Waals surface area contributed by atoms with Gasteiger partial charge in [-0.15, -0.1) is 11.3 Å². The van der Waals surface area contributed by atoms with E-state index in [1.54, 1.807) is 43.9 Å². The van der Waals surface area contributed by atoms with Crippen LogP contribution in [0.25, 0.3) is 0 Å². The fourth-order valence-electron chi connectivity index (χ4n) is 2.64. The molecule has 1 aromatic carbocycles. The van der Waals surface area contributed by atoms with Gasteiger partial charge in [-0.25, -0.2) is 14.4 Å². The number of benzene rings is 1. The molecule has 0 amide bonds. The van der Waals surface area contributed by atoms with E-state index in [9.17, 15) is 4.39 Å². The van der Waals surface area contributed by atoms with Gasteiger partial charge in [0.1, 0.15) is 11.4 Å².